The number of hydrogen-bond acceptors (Lipinski definition) is 6. The lowest BCUT2D eigenvalue weighted by molar-refractivity contribution is 0.709. The van der Waals surface area contributed by atoms with Crippen molar-refractivity contribution >= 4 is 23.1 Å². The lowest BCUT2D eigenvalue weighted by Gasteiger charge is -2.04. The number of tetrazole rings is 1. The van der Waals surface area contributed by atoms with Gasteiger partial charge in [-0.05, 0) is 35.0 Å². The van der Waals surface area contributed by atoms with E-state index in [1.807, 2.05) is 23.6 Å². The minimum Gasteiger partial charge on any atom is -0.238 e. The summed E-state index contributed by atoms with van der Waals surface area (Å²) in [4.78, 5) is 5.77. The van der Waals surface area contributed by atoms with Gasteiger partial charge >= 0.3 is 0 Å². The van der Waals surface area contributed by atoms with E-state index in [1.165, 1.54) is 17.3 Å². The monoisotopic (exact) mass is 289 g/mol. The van der Waals surface area contributed by atoms with Crippen LogP contribution in [0, 0.1) is 0 Å². The fourth-order valence-electron chi connectivity index (χ4n) is 1.69. The van der Waals surface area contributed by atoms with E-state index in [9.17, 15) is 0 Å². The first-order valence-electron chi connectivity index (χ1n) is 5.82. The zero-order valence-corrected chi connectivity index (χ0v) is 11.9. The summed E-state index contributed by atoms with van der Waals surface area (Å²) in [5.74, 6) is 0. The molecule has 0 fully saturated rings. The van der Waals surface area contributed by atoms with Crippen molar-refractivity contribution in [3.05, 3.63) is 41.4 Å². The summed E-state index contributed by atoms with van der Waals surface area (Å²) < 4.78 is 0.920. The molecule has 3 rings (SSSR count). The van der Waals surface area contributed by atoms with Crippen molar-refractivity contribution in [2.45, 2.75) is 22.8 Å². The van der Waals surface area contributed by atoms with Crippen LogP contribution < -0.4 is 0 Å². The summed E-state index contributed by atoms with van der Waals surface area (Å²) in [6.07, 6.45) is 2.70. The van der Waals surface area contributed by atoms with Crippen molar-refractivity contribution < 1.29 is 0 Å². The number of thiazole rings is 1. The normalized spacial score (nSPS) is 10.8. The fraction of sp³-hybridized carbons (Fsp3) is 0.167. The van der Waals surface area contributed by atoms with Crippen LogP contribution in [-0.4, -0.2) is 25.2 Å². The van der Waals surface area contributed by atoms with Crippen LogP contribution >= 0.6 is 23.1 Å². The molecule has 0 saturated heterocycles. The largest absolute Gasteiger partial charge is 0.238 e. The van der Waals surface area contributed by atoms with E-state index in [1.54, 1.807) is 22.3 Å². The van der Waals surface area contributed by atoms with Gasteiger partial charge < -0.3 is 0 Å². The smallest absolute Gasteiger partial charge is 0.238 e. The number of rotatable bonds is 4. The van der Waals surface area contributed by atoms with Crippen molar-refractivity contribution in [2.24, 2.45) is 0 Å². The van der Waals surface area contributed by atoms with E-state index in [0.717, 1.165) is 16.4 Å². The Morgan fingerprint density at radius 1 is 1.32 bits per heavy atom. The van der Waals surface area contributed by atoms with E-state index < -0.39 is 0 Å². The number of para-hydroxylation sites is 1. The SMILES string of the molecule is CCc1ccccc1-n1nnc(Sc2nccs2)n1. The number of benzene rings is 1. The Morgan fingerprint density at radius 2 is 2.21 bits per heavy atom. The molecule has 0 bridgehead atoms. The van der Waals surface area contributed by atoms with Crippen LogP contribution in [0.15, 0.2) is 45.3 Å². The van der Waals surface area contributed by atoms with Crippen molar-refractivity contribution in [3.8, 4) is 5.69 Å². The van der Waals surface area contributed by atoms with Gasteiger partial charge in [0, 0.05) is 11.6 Å². The van der Waals surface area contributed by atoms with Crippen LogP contribution in [0.4, 0.5) is 0 Å². The molecule has 19 heavy (non-hydrogen) atoms. The maximum atomic E-state index is 4.39. The topological polar surface area (TPSA) is 56.5 Å². The molecule has 3 aromatic rings. The van der Waals surface area contributed by atoms with E-state index in [4.69, 9.17) is 0 Å². The van der Waals surface area contributed by atoms with Gasteiger partial charge in [0.2, 0.25) is 5.16 Å². The first kappa shape index (κ1) is 12.3. The number of hydrogen-bond donors (Lipinski definition) is 0. The number of aryl methyl sites for hydroxylation is 1. The van der Waals surface area contributed by atoms with E-state index in [2.05, 4.69) is 33.4 Å². The predicted molar refractivity (Wildman–Crippen MR) is 74.8 cm³/mol. The molecule has 0 atom stereocenters. The molecule has 0 amide bonds. The van der Waals surface area contributed by atoms with Crippen LogP contribution in [-0.2, 0) is 6.42 Å². The average Bonchev–Trinajstić information content (AvgIpc) is 3.11. The molecule has 2 heterocycles. The first-order valence-corrected chi connectivity index (χ1v) is 7.52. The Balaban J connectivity index is 1.88. The van der Waals surface area contributed by atoms with Gasteiger partial charge in [-0.15, -0.1) is 26.3 Å². The summed E-state index contributed by atoms with van der Waals surface area (Å²) >= 11 is 2.99. The Hall–Kier alpha value is -1.73. The third-order valence-corrected chi connectivity index (χ3v) is 4.30. The summed E-state index contributed by atoms with van der Waals surface area (Å²) in [7, 11) is 0. The summed E-state index contributed by atoms with van der Waals surface area (Å²) in [5, 5.41) is 15.1. The van der Waals surface area contributed by atoms with Crippen molar-refractivity contribution in [3.63, 3.8) is 0 Å². The van der Waals surface area contributed by atoms with Gasteiger partial charge in [0.05, 0.1) is 5.69 Å². The lowest BCUT2D eigenvalue weighted by Crippen LogP contribution is -2.02. The maximum Gasteiger partial charge on any atom is 0.238 e. The lowest BCUT2D eigenvalue weighted by atomic mass is 10.1. The Morgan fingerprint density at radius 3 is 3.00 bits per heavy atom. The van der Waals surface area contributed by atoms with E-state index >= 15 is 0 Å². The molecule has 5 nitrogen and oxygen atoms in total. The fourth-order valence-corrected chi connectivity index (χ4v) is 3.10. The molecule has 2 aromatic heterocycles. The second-order valence-corrected chi connectivity index (χ2v) is 5.85. The molecule has 1 aromatic carbocycles. The molecule has 0 aliphatic heterocycles. The van der Waals surface area contributed by atoms with Gasteiger partial charge in [0.15, 0.2) is 4.34 Å². The van der Waals surface area contributed by atoms with E-state index in [-0.39, 0.29) is 0 Å². The highest BCUT2D eigenvalue weighted by Gasteiger charge is 2.10. The molecule has 0 radical (unpaired) electrons. The van der Waals surface area contributed by atoms with Gasteiger partial charge in [-0.3, -0.25) is 0 Å². The van der Waals surface area contributed by atoms with Crippen LogP contribution in [0.2, 0.25) is 0 Å². The zero-order valence-electron chi connectivity index (χ0n) is 10.2. The van der Waals surface area contributed by atoms with Gasteiger partial charge in [0.25, 0.3) is 0 Å². The van der Waals surface area contributed by atoms with Crippen LogP contribution in [0.25, 0.3) is 5.69 Å². The van der Waals surface area contributed by atoms with Crippen molar-refractivity contribution in [1.29, 1.82) is 0 Å². The standard InChI is InChI=1S/C12H11N5S2/c1-2-9-5-3-4-6-10(9)17-15-11(14-16-17)19-12-13-7-8-18-12/h3-8H,2H2,1H3. The molecule has 0 N–H and O–H groups in total. The molecular formula is C12H11N5S2. The number of aromatic nitrogens is 5. The quantitative estimate of drug-likeness (QED) is 0.739. The van der Waals surface area contributed by atoms with Crippen molar-refractivity contribution in [2.75, 3.05) is 0 Å². The molecule has 96 valence electrons. The summed E-state index contributed by atoms with van der Waals surface area (Å²) in [5.41, 5.74) is 2.18. The molecule has 0 unspecified atom stereocenters. The molecule has 7 heteroatoms. The van der Waals surface area contributed by atoms with Crippen molar-refractivity contribution in [1.82, 2.24) is 25.2 Å². The molecule has 0 aliphatic carbocycles. The minimum absolute atomic E-state index is 0.612. The van der Waals surface area contributed by atoms with Gasteiger partial charge in [-0.1, -0.05) is 25.1 Å². The molecule has 0 aliphatic rings. The summed E-state index contributed by atoms with van der Waals surface area (Å²) in [6.45, 7) is 2.11. The number of nitrogens with zero attached hydrogens (tertiary/aromatic N) is 5. The summed E-state index contributed by atoms with van der Waals surface area (Å²) in [6, 6.07) is 8.07. The highest BCUT2D eigenvalue weighted by molar-refractivity contribution is 8.00. The second kappa shape index (κ2) is 5.50. The van der Waals surface area contributed by atoms with E-state index in [0.29, 0.717) is 5.16 Å². The Kier molecular flexibility index (Phi) is 3.56. The third-order valence-electron chi connectivity index (χ3n) is 2.57. The molecule has 0 saturated carbocycles. The molecule has 0 spiro atoms. The predicted octanol–water partition coefficient (Wildman–Crippen LogP) is 2.83. The first-order chi connectivity index (χ1) is 9.36. The molecular weight excluding hydrogens is 278 g/mol. The minimum atomic E-state index is 0.612. The maximum absolute atomic E-state index is 4.39. The van der Waals surface area contributed by atoms with Crippen LogP contribution in [0.3, 0.4) is 0 Å². The van der Waals surface area contributed by atoms with Crippen LogP contribution in [0.1, 0.15) is 12.5 Å². The van der Waals surface area contributed by atoms with Gasteiger partial charge in [-0.25, -0.2) is 4.98 Å². The average molecular weight is 289 g/mol. The highest BCUT2D eigenvalue weighted by Crippen LogP contribution is 2.26. The zero-order chi connectivity index (χ0) is 13.1. The Bertz CT molecular complexity index is 662. The van der Waals surface area contributed by atoms with Gasteiger partial charge in [-0.2, -0.15) is 0 Å². The highest BCUT2D eigenvalue weighted by atomic mass is 32.2. The third kappa shape index (κ3) is 2.66. The van der Waals surface area contributed by atoms with Gasteiger partial charge in [0.1, 0.15) is 0 Å². The second-order valence-electron chi connectivity index (χ2n) is 3.74. The van der Waals surface area contributed by atoms with Crippen LogP contribution in [0.5, 0.6) is 0 Å². The Labute approximate surface area is 118 Å².